The first-order valence-corrected chi connectivity index (χ1v) is 8.25. The number of carbonyl (C=O) groups is 1. The summed E-state index contributed by atoms with van der Waals surface area (Å²) in [6, 6.07) is 15.2. The molecule has 0 atom stereocenters. The van der Waals surface area contributed by atoms with Crippen LogP contribution in [0.15, 0.2) is 48.5 Å². The van der Waals surface area contributed by atoms with Gasteiger partial charge >= 0.3 is 5.97 Å². The number of hydrogen-bond acceptors (Lipinski definition) is 3. The molecular formula is C19H15Cl2NO2. The van der Waals surface area contributed by atoms with Gasteiger partial charge in [-0.25, -0.2) is 4.98 Å². The number of aromatic nitrogens is 1. The lowest BCUT2D eigenvalue weighted by Gasteiger charge is -2.08. The average Bonchev–Trinajstić information content (AvgIpc) is 2.59. The van der Waals surface area contributed by atoms with E-state index in [0.29, 0.717) is 22.9 Å². The van der Waals surface area contributed by atoms with Crippen LogP contribution in [0.3, 0.4) is 0 Å². The summed E-state index contributed by atoms with van der Waals surface area (Å²) in [7, 11) is 1.40. The molecule has 0 fully saturated rings. The predicted molar refractivity (Wildman–Crippen MR) is 97.5 cm³/mol. The van der Waals surface area contributed by atoms with Gasteiger partial charge in [-0.2, -0.15) is 0 Å². The minimum atomic E-state index is -0.211. The number of nitrogens with zero attached hydrogens (tertiary/aromatic N) is 1. The van der Waals surface area contributed by atoms with Gasteiger partial charge in [0.05, 0.1) is 28.4 Å². The summed E-state index contributed by atoms with van der Waals surface area (Å²) in [6.45, 7) is 0. The maximum Gasteiger partial charge on any atom is 0.305 e. The molecule has 24 heavy (non-hydrogen) atoms. The van der Waals surface area contributed by atoms with E-state index >= 15 is 0 Å². The Balaban J connectivity index is 1.94. The highest BCUT2D eigenvalue weighted by molar-refractivity contribution is 6.39. The van der Waals surface area contributed by atoms with E-state index in [1.54, 1.807) is 12.1 Å². The Bertz CT molecular complexity index is 889. The van der Waals surface area contributed by atoms with E-state index in [2.05, 4.69) is 9.72 Å². The molecule has 0 bridgehead atoms. The first kappa shape index (κ1) is 16.7. The highest BCUT2D eigenvalue weighted by Crippen LogP contribution is 2.34. The van der Waals surface area contributed by atoms with Gasteiger partial charge in [-0.05, 0) is 42.3 Å². The third kappa shape index (κ3) is 3.53. The molecule has 0 aliphatic heterocycles. The summed E-state index contributed by atoms with van der Waals surface area (Å²) in [5, 5.41) is 2.15. The molecule has 2 aromatic carbocycles. The fourth-order valence-corrected chi connectivity index (χ4v) is 3.15. The molecule has 0 amide bonds. The van der Waals surface area contributed by atoms with E-state index in [1.165, 1.54) is 7.11 Å². The predicted octanol–water partition coefficient (Wildman–Crippen LogP) is 5.31. The number of benzene rings is 2. The third-order valence-corrected chi connectivity index (χ3v) is 4.45. The number of halogens is 2. The van der Waals surface area contributed by atoms with Crippen molar-refractivity contribution >= 4 is 40.1 Å². The van der Waals surface area contributed by atoms with Crippen molar-refractivity contribution in [2.75, 3.05) is 7.11 Å². The Morgan fingerprint density at radius 2 is 1.83 bits per heavy atom. The molecular weight excluding hydrogens is 345 g/mol. The van der Waals surface area contributed by atoms with Crippen LogP contribution in [0.4, 0.5) is 0 Å². The molecule has 0 saturated heterocycles. The second kappa shape index (κ2) is 7.20. The van der Waals surface area contributed by atoms with Crippen molar-refractivity contribution in [2.24, 2.45) is 0 Å². The summed E-state index contributed by atoms with van der Waals surface area (Å²) >= 11 is 12.5. The molecule has 5 heteroatoms. The smallest absolute Gasteiger partial charge is 0.305 e. The average molecular weight is 360 g/mol. The van der Waals surface area contributed by atoms with Crippen LogP contribution in [0, 0.1) is 0 Å². The topological polar surface area (TPSA) is 39.2 Å². The summed E-state index contributed by atoms with van der Waals surface area (Å²) < 4.78 is 4.67. The van der Waals surface area contributed by atoms with Gasteiger partial charge in [0, 0.05) is 17.4 Å². The Kier molecular flexibility index (Phi) is 5.03. The molecule has 122 valence electrons. The molecule has 0 radical (unpaired) electrons. The van der Waals surface area contributed by atoms with Crippen LogP contribution < -0.4 is 0 Å². The number of rotatable bonds is 4. The molecule has 1 aromatic heterocycles. The molecule has 3 nitrogen and oxygen atoms in total. The first-order valence-electron chi connectivity index (χ1n) is 7.49. The van der Waals surface area contributed by atoms with Crippen molar-refractivity contribution in [2.45, 2.75) is 12.8 Å². The standard InChI is InChI=1S/C19H15Cl2NO2/c1-24-18(23)10-6-12-5-8-16-13(11-12)7-9-17(22-16)19-14(20)3-2-4-15(19)21/h2-5,7-9,11H,6,10H2,1H3. The number of aryl methyl sites for hydroxylation is 1. The Morgan fingerprint density at radius 1 is 1.08 bits per heavy atom. The molecule has 0 spiro atoms. The maximum atomic E-state index is 11.3. The monoisotopic (exact) mass is 359 g/mol. The van der Waals surface area contributed by atoms with Crippen molar-refractivity contribution in [3.05, 3.63) is 64.1 Å². The van der Waals surface area contributed by atoms with Crippen molar-refractivity contribution in [1.82, 2.24) is 4.98 Å². The molecule has 0 aliphatic rings. The fraction of sp³-hybridized carbons (Fsp3) is 0.158. The van der Waals surface area contributed by atoms with E-state index < -0.39 is 0 Å². The van der Waals surface area contributed by atoms with Gasteiger partial charge in [0.1, 0.15) is 0 Å². The summed E-state index contributed by atoms with van der Waals surface area (Å²) in [6.07, 6.45) is 1.00. The molecule has 0 saturated carbocycles. The number of pyridine rings is 1. The zero-order chi connectivity index (χ0) is 17.1. The lowest BCUT2D eigenvalue weighted by atomic mass is 10.0. The van der Waals surface area contributed by atoms with E-state index in [1.807, 2.05) is 36.4 Å². The highest BCUT2D eigenvalue weighted by Gasteiger charge is 2.10. The Labute approximate surface area is 150 Å². The second-order valence-corrected chi connectivity index (χ2v) is 6.21. The zero-order valence-corrected chi connectivity index (χ0v) is 14.6. The SMILES string of the molecule is COC(=O)CCc1ccc2nc(-c3c(Cl)cccc3Cl)ccc2c1. The molecule has 0 N–H and O–H groups in total. The third-order valence-electron chi connectivity index (χ3n) is 3.82. The van der Waals surface area contributed by atoms with Gasteiger partial charge in [-0.1, -0.05) is 41.4 Å². The largest absolute Gasteiger partial charge is 0.469 e. The second-order valence-electron chi connectivity index (χ2n) is 5.40. The van der Waals surface area contributed by atoms with Crippen LogP contribution in [0.25, 0.3) is 22.2 Å². The van der Waals surface area contributed by atoms with Gasteiger partial charge in [-0.3, -0.25) is 4.79 Å². The van der Waals surface area contributed by atoms with Crippen molar-refractivity contribution < 1.29 is 9.53 Å². The summed E-state index contributed by atoms with van der Waals surface area (Å²) in [4.78, 5) is 15.9. The molecule has 3 rings (SSSR count). The van der Waals surface area contributed by atoms with Crippen molar-refractivity contribution in [1.29, 1.82) is 0 Å². The fourth-order valence-electron chi connectivity index (χ4n) is 2.56. The molecule has 0 unspecified atom stereocenters. The van der Waals surface area contributed by atoms with Crippen LogP contribution in [0.1, 0.15) is 12.0 Å². The van der Waals surface area contributed by atoms with Gasteiger partial charge in [-0.15, -0.1) is 0 Å². The normalized spacial score (nSPS) is 10.8. The Hall–Kier alpha value is -2.10. The highest BCUT2D eigenvalue weighted by atomic mass is 35.5. The molecule has 1 heterocycles. The van der Waals surface area contributed by atoms with Gasteiger partial charge in [0.15, 0.2) is 0 Å². The first-order chi connectivity index (χ1) is 11.6. The minimum Gasteiger partial charge on any atom is -0.469 e. The number of ether oxygens (including phenoxy) is 1. The number of hydrogen-bond donors (Lipinski definition) is 0. The lowest BCUT2D eigenvalue weighted by molar-refractivity contribution is -0.140. The number of esters is 1. The van der Waals surface area contributed by atoms with E-state index in [0.717, 1.165) is 27.7 Å². The van der Waals surface area contributed by atoms with Crippen LogP contribution in [0.5, 0.6) is 0 Å². The van der Waals surface area contributed by atoms with Crippen molar-refractivity contribution in [3.63, 3.8) is 0 Å². The van der Waals surface area contributed by atoms with E-state index in [4.69, 9.17) is 23.2 Å². The van der Waals surface area contributed by atoms with Crippen LogP contribution in [-0.2, 0) is 16.0 Å². The summed E-state index contributed by atoms with van der Waals surface area (Å²) in [5.41, 5.74) is 3.39. The zero-order valence-electron chi connectivity index (χ0n) is 13.1. The maximum absolute atomic E-state index is 11.3. The molecule has 3 aromatic rings. The van der Waals surface area contributed by atoms with E-state index in [9.17, 15) is 4.79 Å². The van der Waals surface area contributed by atoms with Crippen LogP contribution in [0.2, 0.25) is 10.0 Å². The quantitative estimate of drug-likeness (QED) is 0.592. The van der Waals surface area contributed by atoms with Crippen LogP contribution in [-0.4, -0.2) is 18.1 Å². The number of carbonyl (C=O) groups excluding carboxylic acids is 1. The summed E-state index contributed by atoms with van der Waals surface area (Å²) in [5.74, 6) is -0.211. The van der Waals surface area contributed by atoms with Crippen LogP contribution >= 0.6 is 23.2 Å². The van der Waals surface area contributed by atoms with Crippen molar-refractivity contribution in [3.8, 4) is 11.3 Å². The van der Waals surface area contributed by atoms with Gasteiger partial charge in [0.2, 0.25) is 0 Å². The number of methoxy groups -OCH3 is 1. The molecule has 0 aliphatic carbocycles. The van der Waals surface area contributed by atoms with Gasteiger partial charge in [0.25, 0.3) is 0 Å². The Morgan fingerprint density at radius 3 is 2.54 bits per heavy atom. The number of fused-ring (bicyclic) bond motifs is 1. The lowest BCUT2D eigenvalue weighted by Crippen LogP contribution is -2.01. The van der Waals surface area contributed by atoms with E-state index in [-0.39, 0.29) is 5.97 Å². The minimum absolute atomic E-state index is 0.211. The van der Waals surface area contributed by atoms with Gasteiger partial charge < -0.3 is 4.74 Å².